The highest BCUT2D eigenvalue weighted by molar-refractivity contribution is 5.15. The van der Waals surface area contributed by atoms with E-state index in [1.807, 2.05) is 0 Å². The van der Waals surface area contributed by atoms with Gasteiger partial charge in [-0.25, -0.2) is 0 Å². The van der Waals surface area contributed by atoms with E-state index in [4.69, 9.17) is 31.4 Å². The Bertz CT molecular complexity index is 757. The van der Waals surface area contributed by atoms with Crippen molar-refractivity contribution < 1.29 is 19.3 Å². The van der Waals surface area contributed by atoms with Crippen molar-refractivity contribution in [3.05, 3.63) is 0 Å². The van der Waals surface area contributed by atoms with Crippen molar-refractivity contribution in [2.24, 2.45) is 63.5 Å². The number of hydrogen-bond donors (Lipinski definition) is 4. The van der Waals surface area contributed by atoms with Gasteiger partial charge in [-0.3, -0.25) is 0 Å². The molecular weight excluding hydrogens is 502 g/mol. The Kier molecular flexibility index (Phi) is 12.2. The van der Waals surface area contributed by atoms with Crippen molar-refractivity contribution in [2.45, 2.75) is 116 Å². The fourth-order valence-corrected chi connectivity index (χ4v) is 10.2. The van der Waals surface area contributed by atoms with Crippen molar-refractivity contribution in [1.82, 2.24) is 0 Å². The van der Waals surface area contributed by atoms with Crippen molar-refractivity contribution >= 4 is 0 Å². The van der Waals surface area contributed by atoms with Crippen LogP contribution in [0, 0.1) is 46.3 Å². The normalized spacial score (nSPS) is 41.8. The standard InChI is InChI=1S/C33H63N3O4/c1-23(8-4-16-37)26-9-10-27-31-28(22-30(33(26,27)3)40-19-7-15-36)32(2)12-11-25(38-17-5-13-34)20-24(32)21-29(31)39-18-6-14-35/h23-31,37H,4-22,34-36H2,1-3H3/t23-,24?,25-,26-,27+,28+,29-,30+,31?,32+,33?/m1/s1. The van der Waals surface area contributed by atoms with E-state index in [1.165, 1.54) is 19.3 Å². The number of aliphatic hydroxyl groups is 1. The van der Waals surface area contributed by atoms with Crippen LogP contribution >= 0.6 is 0 Å². The van der Waals surface area contributed by atoms with Crippen LogP contribution in [-0.4, -0.2) is 69.5 Å². The Balaban J connectivity index is 1.64. The molecule has 4 fully saturated rings. The van der Waals surface area contributed by atoms with Crippen LogP contribution in [0.3, 0.4) is 0 Å². The molecular formula is C33H63N3O4. The van der Waals surface area contributed by atoms with Gasteiger partial charge in [-0.05, 0) is 138 Å². The summed E-state index contributed by atoms with van der Waals surface area (Å²) in [6.45, 7) is 12.2. The lowest BCUT2D eigenvalue weighted by atomic mass is 9.43. The van der Waals surface area contributed by atoms with Crippen molar-refractivity contribution in [1.29, 1.82) is 0 Å². The van der Waals surface area contributed by atoms with Gasteiger partial charge in [0.1, 0.15) is 0 Å². The van der Waals surface area contributed by atoms with Crippen LogP contribution in [0.4, 0.5) is 0 Å². The van der Waals surface area contributed by atoms with Crippen LogP contribution < -0.4 is 17.2 Å². The summed E-state index contributed by atoms with van der Waals surface area (Å²) < 4.78 is 20.1. The van der Waals surface area contributed by atoms with Gasteiger partial charge in [-0.2, -0.15) is 0 Å². The SMILES string of the molecule is C[C@H](CCCO)[C@H]1CC[C@H]2C3[C@H](OCCCN)CC4C[C@H](OCCCN)CC[C@]4(C)[C@H]3C[C@H](OCCCN)C12C. The second kappa shape index (κ2) is 14.9. The van der Waals surface area contributed by atoms with E-state index in [1.54, 1.807) is 0 Å². The first-order valence-corrected chi connectivity index (χ1v) is 16.9. The summed E-state index contributed by atoms with van der Waals surface area (Å²) in [4.78, 5) is 0. The molecule has 234 valence electrons. The van der Waals surface area contributed by atoms with Crippen LogP contribution in [0.2, 0.25) is 0 Å². The van der Waals surface area contributed by atoms with Gasteiger partial charge in [0.15, 0.2) is 0 Å². The van der Waals surface area contributed by atoms with Crippen molar-refractivity contribution in [3.63, 3.8) is 0 Å². The van der Waals surface area contributed by atoms with Crippen LogP contribution in [0.15, 0.2) is 0 Å². The van der Waals surface area contributed by atoms with E-state index in [9.17, 15) is 5.11 Å². The minimum atomic E-state index is 0.131. The maximum absolute atomic E-state index is 9.58. The zero-order valence-electron chi connectivity index (χ0n) is 26.0. The average Bonchev–Trinajstić information content (AvgIpc) is 3.31. The molecule has 0 spiro atoms. The third-order valence-corrected chi connectivity index (χ3v) is 12.3. The Morgan fingerprint density at radius 1 is 0.800 bits per heavy atom. The lowest BCUT2D eigenvalue weighted by Crippen LogP contribution is -2.63. The molecule has 0 radical (unpaired) electrons. The summed E-state index contributed by atoms with van der Waals surface area (Å²) in [5.74, 6) is 3.60. The summed E-state index contributed by atoms with van der Waals surface area (Å²) >= 11 is 0. The van der Waals surface area contributed by atoms with Crippen molar-refractivity contribution in [2.75, 3.05) is 46.1 Å². The molecule has 3 unspecified atom stereocenters. The van der Waals surface area contributed by atoms with Gasteiger partial charge in [0.2, 0.25) is 0 Å². The Morgan fingerprint density at radius 3 is 2.15 bits per heavy atom. The number of rotatable bonds is 16. The van der Waals surface area contributed by atoms with Gasteiger partial charge in [0.25, 0.3) is 0 Å². The molecule has 11 atom stereocenters. The molecule has 40 heavy (non-hydrogen) atoms. The summed E-state index contributed by atoms with van der Waals surface area (Å²) in [7, 11) is 0. The fraction of sp³-hybridized carbons (Fsp3) is 1.00. The molecule has 0 aliphatic heterocycles. The molecule has 0 aromatic carbocycles. The molecule has 4 rings (SSSR count). The van der Waals surface area contributed by atoms with Crippen LogP contribution in [-0.2, 0) is 14.2 Å². The molecule has 4 aliphatic rings. The molecule has 4 aliphatic carbocycles. The molecule has 0 saturated heterocycles. The number of aliphatic hydroxyl groups excluding tert-OH is 1. The monoisotopic (exact) mass is 565 g/mol. The first kappa shape index (κ1) is 32.6. The van der Waals surface area contributed by atoms with Gasteiger partial charge in [-0.1, -0.05) is 20.8 Å². The maximum atomic E-state index is 9.58. The van der Waals surface area contributed by atoms with E-state index in [0.29, 0.717) is 72.8 Å². The number of hydrogen-bond acceptors (Lipinski definition) is 7. The highest BCUT2D eigenvalue weighted by Crippen LogP contribution is 2.69. The molecule has 0 heterocycles. The number of ether oxygens (including phenoxy) is 3. The van der Waals surface area contributed by atoms with Crippen LogP contribution in [0.1, 0.15) is 97.8 Å². The second-order valence-electron chi connectivity index (χ2n) is 14.3. The summed E-state index contributed by atoms with van der Waals surface area (Å²) in [5, 5.41) is 9.58. The molecule has 4 saturated carbocycles. The van der Waals surface area contributed by atoms with Gasteiger partial charge in [0.05, 0.1) is 18.3 Å². The third kappa shape index (κ3) is 6.61. The molecule has 0 bridgehead atoms. The first-order valence-electron chi connectivity index (χ1n) is 16.9. The summed E-state index contributed by atoms with van der Waals surface area (Å²) in [6.07, 6.45) is 14.0. The van der Waals surface area contributed by atoms with Crippen LogP contribution in [0.5, 0.6) is 0 Å². The van der Waals surface area contributed by atoms with E-state index in [-0.39, 0.29) is 18.1 Å². The van der Waals surface area contributed by atoms with Gasteiger partial charge < -0.3 is 36.5 Å². The molecule has 0 amide bonds. The zero-order chi connectivity index (χ0) is 28.8. The largest absolute Gasteiger partial charge is 0.396 e. The number of fused-ring (bicyclic) bond motifs is 5. The molecule has 7 heteroatoms. The van der Waals surface area contributed by atoms with E-state index >= 15 is 0 Å². The smallest absolute Gasteiger partial charge is 0.0637 e. The quantitative estimate of drug-likeness (QED) is 0.203. The van der Waals surface area contributed by atoms with Gasteiger partial charge in [0, 0.05) is 31.8 Å². The summed E-state index contributed by atoms with van der Waals surface area (Å²) in [6, 6.07) is 0. The molecule has 7 N–H and O–H groups in total. The van der Waals surface area contributed by atoms with Crippen molar-refractivity contribution in [3.8, 4) is 0 Å². The van der Waals surface area contributed by atoms with E-state index in [2.05, 4.69) is 20.8 Å². The molecule has 7 nitrogen and oxygen atoms in total. The Morgan fingerprint density at radius 2 is 1.48 bits per heavy atom. The minimum Gasteiger partial charge on any atom is -0.396 e. The second-order valence-corrected chi connectivity index (χ2v) is 14.3. The first-order chi connectivity index (χ1) is 19.3. The van der Waals surface area contributed by atoms with E-state index < -0.39 is 0 Å². The zero-order valence-corrected chi connectivity index (χ0v) is 26.0. The fourth-order valence-electron chi connectivity index (χ4n) is 10.2. The Hall–Kier alpha value is -0.280. The number of nitrogens with two attached hydrogens (primary N) is 3. The third-order valence-electron chi connectivity index (χ3n) is 12.3. The highest BCUT2D eigenvalue weighted by Gasteiger charge is 2.66. The highest BCUT2D eigenvalue weighted by atomic mass is 16.5. The predicted octanol–water partition coefficient (Wildman–Crippen LogP) is 4.48. The van der Waals surface area contributed by atoms with Gasteiger partial charge >= 0.3 is 0 Å². The lowest BCUT2D eigenvalue weighted by molar-refractivity contribution is -0.227. The topological polar surface area (TPSA) is 126 Å². The maximum Gasteiger partial charge on any atom is 0.0637 e. The van der Waals surface area contributed by atoms with Crippen LogP contribution in [0.25, 0.3) is 0 Å². The molecule has 0 aromatic heterocycles. The minimum absolute atomic E-state index is 0.131. The van der Waals surface area contributed by atoms with E-state index in [0.717, 1.165) is 77.6 Å². The average molecular weight is 566 g/mol. The predicted molar refractivity (Wildman–Crippen MR) is 162 cm³/mol. The lowest BCUT2D eigenvalue weighted by Gasteiger charge is -2.65. The summed E-state index contributed by atoms with van der Waals surface area (Å²) in [5.41, 5.74) is 18.0. The Labute approximate surface area is 245 Å². The molecule has 0 aromatic rings. The van der Waals surface area contributed by atoms with Gasteiger partial charge in [-0.15, -0.1) is 0 Å².